The Kier molecular flexibility index (Phi) is 5.08. The summed E-state index contributed by atoms with van der Waals surface area (Å²) in [6, 6.07) is 28.9. The molecule has 1 heterocycles. The summed E-state index contributed by atoms with van der Waals surface area (Å²) in [5.74, 6) is 0.468. The third-order valence-corrected chi connectivity index (χ3v) is 4.74. The van der Waals surface area contributed by atoms with Gasteiger partial charge < -0.3 is 4.74 Å². The van der Waals surface area contributed by atoms with Gasteiger partial charge >= 0.3 is 0 Å². The number of hydrogen-bond acceptors (Lipinski definition) is 3. The molecule has 4 aromatic rings. The highest BCUT2D eigenvalue weighted by Gasteiger charge is 2.18. The first-order valence-corrected chi connectivity index (χ1v) is 9.24. The summed E-state index contributed by atoms with van der Waals surface area (Å²) in [5, 5.41) is 0. The number of hydrogen-bond donors (Lipinski definition) is 0. The maximum Gasteiger partial charge on any atom is 0.256 e. The van der Waals surface area contributed by atoms with Crippen molar-refractivity contribution in [1.29, 1.82) is 0 Å². The second kappa shape index (κ2) is 7.98. The molecule has 142 valence electrons. The second-order valence-electron chi connectivity index (χ2n) is 6.56. The topological polar surface area (TPSA) is 48.3 Å². The van der Waals surface area contributed by atoms with Crippen molar-refractivity contribution >= 4 is 5.78 Å². The van der Waals surface area contributed by atoms with Gasteiger partial charge in [-0.05, 0) is 41.5 Å². The second-order valence-corrected chi connectivity index (χ2v) is 6.56. The molecule has 0 amide bonds. The van der Waals surface area contributed by atoms with Gasteiger partial charge in [0.15, 0.2) is 0 Å². The molecule has 4 nitrogen and oxygen atoms in total. The molecule has 0 bridgehead atoms. The van der Waals surface area contributed by atoms with Crippen LogP contribution in [0.3, 0.4) is 0 Å². The predicted molar refractivity (Wildman–Crippen MR) is 114 cm³/mol. The van der Waals surface area contributed by atoms with Gasteiger partial charge in [-0.3, -0.25) is 14.2 Å². The number of benzene rings is 3. The Morgan fingerprint density at radius 1 is 0.759 bits per heavy atom. The summed E-state index contributed by atoms with van der Waals surface area (Å²) in [4.78, 5) is 26.4. The lowest BCUT2D eigenvalue weighted by molar-refractivity contribution is 0.103. The normalized spacial score (nSPS) is 10.5. The Hall–Kier alpha value is -3.92. The van der Waals surface area contributed by atoms with Gasteiger partial charge in [-0.1, -0.05) is 60.7 Å². The van der Waals surface area contributed by atoms with Crippen LogP contribution in [-0.4, -0.2) is 17.5 Å². The quantitative estimate of drug-likeness (QED) is 0.469. The summed E-state index contributed by atoms with van der Waals surface area (Å²) >= 11 is 0. The maximum absolute atomic E-state index is 13.3. The molecule has 0 radical (unpaired) electrons. The van der Waals surface area contributed by atoms with Gasteiger partial charge in [-0.2, -0.15) is 0 Å². The number of pyridine rings is 1. The largest absolute Gasteiger partial charge is 0.497 e. The number of aromatic nitrogens is 1. The van der Waals surface area contributed by atoms with E-state index in [2.05, 4.69) is 0 Å². The summed E-state index contributed by atoms with van der Waals surface area (Å²) in [5.41, 5.74) is 2.77. The monoisotopic (exact) mass is 381 g/mol. The van der Waals surface area contributed by atoms with Crippen LogP contribution in [0.1, 0.15) is 16.1 Å². The van der Waals surface area contributed by atoms with Gasteiger partial charge in [0.25, 0.3) is 5.56 Å². The van der Waals surface area contributed by atoms with Crippen LogP contribution >= 0.6 is 0 Å². The number of ether oxygens (including phenoxy) is 1. The minimum atomic E-state index is -0.268. The Bertz CT molecular complexity index is 1190. The lowest BCUT2D eigenvalue weighted by atomic mass is 10.0. The zero-order chi connectivity index (χ0) is 20.2. The van der Waals surface area contributed by atoms with Crippen molar-refractivity contribution in [3.05, 3.63) is 119 Å². The zero-order valence-electron chi connectivity index (χ0n) is 15.9. The lowest BCUT2D eigenvalue weighted by Gasteiger charge is -2.15. The lowest BCUT2D eigenvalue weighted by Crippen LogP contribution is -2.24. The van der Waals surface area contributed by atoms with Gasteiger partial charge in [0, 0.05) is 17.3 Å². The molecule has 0 atom stereocenters. The number of nitrogens with zero attached hydrogens (tertiary/aromatic N) is 1. The van der Waals surface area contributed by atoms with Gasteiger partial charge in [0.05, 0.1) is 12.8 Å². The summed E-state index contributed by atoms with van der Waals surface area (Å²) < 4.78 is 6.65. The van der Waals surface area contributed by atoms with Gasteiger partial charge in [-0.25, -0.2) is 0 Å². The molecule has 0 N–H and O–H groups in total. The van der Waals surface area contributed by atoms with Crippen molar-refractivity contribution < 1.29 is 9.53 Å². The minimum absolute atomic E-state index is 0.212. The van der Waals surface area contributed by atoms with Crippen LogP contribution in [-0.2, 0) is 0 Å². The first-order valence-electron chi connectivity index (χ1n) is 9.24. The van der Waals surface area contributed by atoms with Gasteiger partial charge in [0.1, 0.15) is 5.75 Å². The highest BCUT2D eigenvalue weighted by molar-refractivity contribution is 6.08. The fraction of sp³-hybridized carbons (Fsp3) is 0.0400. The van der Waals surface area contributed by atoms with Crippen molar-refractivity contribution in [1.82, 2.24) is 4.57 Å². The third-order valence-electron chi connectivity index (χ3n) is 4.74. The molecular formula is C25H19NO3. The van der Waals surface area contributed by atoms with Crippen molar-refractivity contribution in [3.8, 4) is 22.6 Å². The van der Waals surface area contributed by atoms with Crippen LogP contribution in [0.2, 0.25) is 0 Å². The molecule has 0 unspecified atom stereocenters. The van der Waals surface area contributed by atoms with E-state index in [-0.39, 0.29) is 11.3 Å². The molecule has 0 aliphatic heterocycles. The average molecular weight is 381 g/mol. The highest BCUT2D eigenvalue weighted by Crippen LogP contribution is 2.23. The van der Waals surface area contributed by atoms with Gasteiger partial charge in [-0.15, -0.1) is 0 Å². The Morgan fingerprint density at radius 2 is 1.38 bits per heavy atom. The van der Waals surface area contributed by atoms with Crippen LogP contribution in [0.5, 0.6) is 5.75 Å². The van der Waals surface area contributed by atoms with Crippen molar-refractivity contribution in [2.45, 2.75) is 0 Å². The van der Waals surface area contributed by atoms with E-state index in [4.69, 9.17) is 4.74 Å². The molecule has 0 aliphatic rings. The molecule has 4 heteroatoms. The molecule has 0 saturated carbocycles. The van der Waals surface area contributed by atoms with E-state index in [1.165, 1.54) is 4.57 Å². The summed E-state index contributed by atoms with van der Waals surface area (Å²) in [7, 11) is 1.58. The molecule has 4 rings (SSSR count). The molecule has 29 heavy (non-hydrogen) atoms. The number of carbonyl (C=O) groups is 1. The molecular weight excluding hydrogens is 362 g/mol. The van der Waals surface area contributed by atoms with E-state index < -0.39 is 0 Å². The number of methoxy groups -OCH3 is 1. The van der Waals surface area contributed by atoms with Crippen LogP contribution in [0.15, 0.2) is 102 Å². The van der Waals surface area contributed by atoms with Crippen molar-refractivity contribution in [3.63, 3.8) is 0 Å². The molecule has 0 fully saturated rings. The maximum atomic E-state index is 13.3. The molecule has 0 spiro atoms. The standard InChI is InChI=1S/C25H19NO3/c1-29-22-14-12-21(13-15-22)26-23(25(28)19-10-6-3-7-11-19)16-20(17-24(26)27)18-8-4-2-5-9-18/h2-17H,1H3. The summed E-state index contributed by atoms with van der Waals surface area (Å²) in [6.07, 6.45) is 0. The number of ketones is 1. The van der Waals surface area contributed by atoms with Crippen molar-refractivity contribution in [2.75, 3.05) is 7.11 Å². The highest BCUT2D eigenvalue weighted by atomic mass is 16.5. The Morgan fingerprint density at radius 3 is 2.00 bits per heavy atom. The Labute approximate surface area is 168 Å². The third kappa shape index (κ3) is 3.73. The predicted octanol–water partition coefficient (Wildman–Crippen LogP) is 4.74. The molecule has 3 aromatic carbocycles. The minimum Gasteiger partial charge on any atom is -0.497 e. The van der Waals surface area contributed by atoms with E-state index >= 15 is 0 Å². The van der Waals surface area contributed by atoms with E-state index in [0.717, 1.165) is 5.56 Å². The first-order chi connectivity index (χ1) is 14.2. The Balaban J connectivity index is 1.94. The molecule has 0 saturated heterocycles. The van der Waals surface area contributed by atoms with E-state index in [0.29, 0.717) is 28.3 Å². The summed E-state index contributed by atoms with van der Waals surface area (Å²) in [6.45, 7) is 0. The fourth-order valence-electron chi connectivity index (χ4n) is 3.27. The van der Waals surface area contributed by atoms with Crippen LogP contribution in [0.25, 0.3) is 16.8 Å². The van der Waals surface area contributed by atoms with E-state index in [1.807, 2.05) is 48.5 Å². The fourth-order valence-corrected chi connectivity index (χ4v) is 3.27. The van der Waals surface area contributed by atoms with E-state index in [9.17, 15) is 9.59 Å². The van der Waals surface area contributed by atoms with Gasteiger partial charge in [0.2, 0.25) is 5.78 Å². The molecule has 0 aliphatic carbocycles. The molecule has 1 aromatic heterocycles. The number of carbonyl (C=O) groups excluding carboxylic acids is 1. The van der Waals surface area contributed by atoms with Crippen LogP contribution in [0.4, 0.5) is 0 Å². The number of rotatable bonds is 5. The first kappa shape index (κ1) is 18.4. The smallest absolute Gasteiger partial charge is 0.256 e. The van der Waals surface area contributed by atoms with Crippen LogP contribution in [0, 0.1) is 0 Å². The SMILES string of the molecule is COc1ccc(-n2c(C(=O)c3ccccc3)cc(-c3ccccc3)cc2=O)cc1. The van der Waals surface area contributed by atoms with Crippen molar-refractivity contribution in [2.24, 2.45) is 0 Å². The zero-order valence-corrected chi connectivity index (χ0v) is 15.9. The van der Waals surface area contributed by atoms with Crippen LogP contribution < -0.4 is 10.3 Å². The van der Waals surface area contributed by atoms with E-state index in [1.54, 1.807) is 55.6 Å². The average Bonchev–Trinajstić information content (AvgIpc) is 2.79.